The first-order valence-electron chi connectivity index (χ1n) is 22.3. The highest BCUT2D eigenvalue weighted by atomic mass is 32.2. The zero-order valence-electron chi connectivity index (χ0n) is 36.0. The first kappa shape index (κ1) is 35.8. The first-order chi connectivity index (χ1) is 30.5. The normalized spacial score (nSPS) is 14.6. The Morgan fingerprint density at radius 2 is 0.825 bits per heavy atom. The summed E-state index contributed by atoms with van der Waals surface area (Å²) in [5, 5.41) is 8.12. The summed E-state index contributed by atoms with van der Waals surface area (Å²) in [5.41, 5.74) is 19.4. The summed E-state index contributed by atoms with van der Waals surface area (Å²) in [6.07, 6.45) is 0. The van der Waals surface area contributed by atoms with E-state index in [0.29, 0.717) is 0 Å². The zero-order chi connectivity index (χ0) is 42.0. The number of fused-ring (bicyclic) bond motifs is 17. The number of nitrogens with zero attached hydrogens (tertiary/aromatic N) is 2. The number of para-hydroxylation sites is 4. The van der Waals surface area contributed by atoms with E-state index in [0.717, 1.165) is 0 Å². The van der Waals surface area contributed by atoms with Crippen LogP contribution in [0.4, 0.5) is 0 Å². The fourth-order valence-corrected chi connectivity index (χ4v) is 15.7. The highest BCUT2D eigenvalue weighted by Gasteiger charge is 2.43. The second-order valence-electron chi connectivity index (χ2n) is 20.5. The molecule has 0 atom stereocenters. The van der Waals surface area contributed by atoms with E-state index >= 15 is 0 Å². The molecular weight excluding hydrogens is 818 g/mol. The third-order valence-corrected chi connectivity index (χ3v) is 18.3. The molecule has 0 radical (unpaired) electrons. The molecule has 4 aliphatic rings. The minimum absolute atomic E-state index is 0.0165. The van der Waals surface area contributed by atoms with Gasteiger partial charge in [0.25, 0.3) is 0 Å². The molecule has 63 heavy (non-hydrogen) atoms. The SMILES string of the molecule is CC(C)(C)c1cc2c3c(c1)-n1c4ccccc4c4cccc(c41)B3c1cc3c(cc1S2)sc1cc2c(cc13)B1c3c(cc(C(C)(C)C)cc3-n3c4ccccc4c4cccc1c43)S2. The number of hydrogen-bond acceptors (Lipinski definition) is 3. The lowest BCUT2D eigenvalue weighted by atomic mass is 9.35. The van der Waals surface area contributed by atoms with Gasteiger partial charge in [0.1, 0.15) is 0 Å². The molecule has 298 valence electrons. The molecule has 0 fully saturated rings. The maximum Gasteiger partial charge on any atom is 0.249 e. The summed E-state index contributed by atoms with van der Waals surface area (Å²) in [5.74, 6) is 0. The predicted molar refractivity (Wildman–Crippen MR) is 276 cm³/mol. The number of hydrogen-bond donors (Lipinski definition) is 0. The smallest absolute Gasteiger partial charge is 0.249 e. The summed E-state index contributed by atoms with van der Waals surface area (Å²) < 4.78 is 7.95. The Morgan fingerprint density at radius 3 is 1.27 bits per heavy atom. The molecule has 4 aliphatic heterocycles. The molecule has 7 heterocycles. The first-order valence-corrected chi connectivity index (χ1v) is 24.8. The van der Waals surface area contributed by atoms with Crippen LogP contribution < -0.4 is 32.8 Å². The van der Waals surface area contributed by atoms with Crippen LogP contribution in [0.1, 0.15) is 52.7 Å². The van der Waals surface area contributed by atoms with Crippen LogP contribution >= 0.6 is 34.9 Å². The van der Waals surface area contributed by atoms with E-state index in [2.05, 4.69) is 184 Å². The predicted octanol–water partition coefficient (Wildman–Crippen LogP) is 11.4. The van der Waals surface area contributed by atoms with Crippen molar-refractivity contribution in [3.63, 3.8) is 0 Å². The van der Waals surface area contributed by atoms with Gasteiger partial charge in [0.2, 0.25) is 13.4 Å². The van der Waals surface area contributed by atoms with Crippen molar-refractivity contribution in [2.45, 2.75) is 72.0 Å². The molecule has 0 unspecified atom stereocenters. The van der Waals surface area contributed by atoms with Crippen molar-refractivity contribution >= 4 is 145 Å². The van der Waals surface area contributed by atoms with E-state index in [4.69, 9.17) is 0 Å². The van der Waals surface area contributed by atoms with Crippen LogP contribution in [-0.4, -0.2) is 22.6 Å². The second kappa shape index (κ2) is 11.7. The lowest BCUT2D eigenvalue weighted by Gasteiger charge is -2.35. The van der Waals surface area contributed by atoms with Gasteiger partial charge in [0, 0.05) is 72.9 Å². The van der Waals surface area contributed by atoms with Crippen LogP contribution in [0.15, 0.2) is 153 Å². The van der Waals surface area contributed by atoms with E-state index in [-0.39, 0.29) is 24.3 Å². The Bertz CT molecular complexity index is 3710. The topological polar surface area (TPSA) is 9.86 Å². The third kappa shape index (κ3) is 4.51. The van der Waals surface area contributed by atoms with Crippen molar-refractivity contribution in [1.29, 1.82) is 0 Å². The van der Waals surface area contributed by atoms with E-state index in [1.165, 1.54) is 139 Å². The maximum atomic E-state index is 2.61. The van der Waals surface area contributed by atoms with Gasteiger partial charge in [-0.3, -0.25) is 0 Å². The molecule has 0 bridgehead atoms. The molecule has 15 rings (SSSR count). The van der Waals surface area contributed by atoms with Gasteiger partial charge in [-0.2, -0.15) is 0 Å². The van der Waals surface area contributed by atoms with Crippen molar-refractivity contribution < 1.29 is 0 Å². The molecule has 0 aliphatic carbocycles. The van der Waals surface area contributed by atoms with Crippen LogP contribution in [-0.2, 0) is 10.8 Å². The van der Waals surface area contributed by atoms with E-state index in [9.17, 15) is 0 Å². The molecule has 0 saturated heterocycles. The Hall–Kier alpha value is -5.59. The standard InChI is InChI=1S/C56H40B2N2S3/c1-55(2,3)29-21-43-51-49(23-29)62-47-27-45-35(25-39(47)57(51)37-17-11-15-33-31-13-7-9-19-41(31)59(43)53(33)37)36-26-40-48(28-46(36)61-45)63-50-24-30(56(4,5)6)22-44-52(50)58(40)38-18-12-16-34-32-14-8-10-20-42(32)60(44)54(34)38/h7-28H,1-6H3. The lowest BCUT2D eigenvalue weighted by Crippen LogP contribution is -2.59. The van der Waals surface area contributed by atoms with Crippen molar-refractivity contribution in [3.8, 4) is 11.4 Å². The Balaban J connectivity index is 0.997. The summed E-state index contributed by atoms with van der Waals surface area (Å²) >= 11 is 5.95. The quantitative estimate of drug-likeness (QED) is 0.141. The van der Waals surface area contributed by atoms with Crippen molar-refractivity contribution in [3.05, 3.63) is 145 Å². The van der Waals surface area contributed by atoms with Gasteiger partial charge < -0.3 is 9.13 Å². The Morgan fingerprint density at radius 1 is 0.397 bits per heavy atom. The van der Waals surface area contributed by atoms with Crippen molar-refractivity contribution in [1.82, 2.24) is 9.13 Å². The highest BCUT2D eigenvalue weighted by Crippen LogP contribution is 2.46. The minimum Gasteiger partial charge on any atom is -0.310 e. The largest absolute Gasteiger partial charge is 0.310 e. The van der Waals surface area contributed by atoms with Crippen molar-refractivity contribution in [2.75, 3.05) is 0 Å². The highest BCUT2D eigenvalue weighted by molar-refractivity contribution is 8.00. The summed E-state index contributed by atoms with van der Waals surface area (Å²) in [6.45, 7) is 14.4. The fraction of sp³-hybridized carbons (Fsp3) is 0.143. The summed E-state index contributed by atoms with van der Waals surface area (Å²) in [7, 11) is 0. The summed E-state index contributed by atoms with van der Waals surface area (Å²) in [6, 6.07) is 52.5. The molecule has 2 nitrogen and oxygen atoms in total. The molecule has 0 spiro atoms. The van der Waals surface area contributed by atoms with Gasteiger partial charge in [-0.15, -0.1) is 11.3 Å². The average Bonchev–Trinajstić information content (AvgIpc) is 3.92. The minimum atomic E-state index is 0.0165. The number of thiophene rings is 1. The van der Waals surface area contributed by atoms with Gasteiger partial charge in [-0.1, -0.05) is 161 Å². The molecular formula is C56H40B2N2S3. The number of benzene rings is 8. The maximum absolute atomic E-state index is 2.61. The number of rotatable bonds is 0. The molecule has 7 heteroatoms. The average molecular weight is 859 g/mol. The fourth-order valence-electron chi connectivity index (χ4n) is 12.0. The van der Waals surface area contributed by atoms with Gasteiger partial charge in [-0.05, 0) is 103 Å². The van der Waals surface area contributed by atoms with Crippen LogP contribution in [0.2, 0.25) is 0 Å². The molecule has 11 aromatic rings. The third-order valence-electron chi connectivity index (χ3n) is 14.9. The lowest BCUT2D eigenvalue weighted by molar-refractivity contribution is 0.588. The molecule has 0 saturated carbocycles. The zero-order valence-corrected chi connectivity index (χ0v) is 38.4. The Labute approximate surface area is 379 Å². The van der Waals surface area contributed by atoms with Gasteiger partial charge in [0.15, 0.2) is 0 Å². The van der Waals surface area contributed by atoms with Crippen molar-refractivity contribution in [2.24, 2.45) is 0 Å². The van der Waals surface area contributed by atoms with Gasteiger partial charge >= 0.3 is 0 Å². The van der Waals surface area contributed by atoms with Crippen LogP contribution in [0.3, 0.4) is 0 Å². The van der Waals surface area contributed by atoms with Crippen LogP contribution in [0.5, 0.6) is 0 Å². The van der Waals surface area contributed by atoms with Crippen LogP contribution in [0, 0.1) is 0 Å². The monoisotopic (exact) mass is 858 g/mol. The second-order valence-corrected chi connectivity index (χ2v) is 23.7. The number of aromatic nitrogens is 2. The molecule has 8 aromatic carbocycles. The van der Waals surface area contributed by atoms with E-state index < -0.39 is 0 Å². The van der Waals surface area contributed by atoms with Gasteiger partial charge in [0.05, 0.1) is 11.0 Å². The van der Waals surface area contributed by atoms with Gasteiger partial charge in [-0.25, -0.2) is 0 Å². The molecule has 3 aromatic heterocycles. The summed E-state index contributed by atoms with van der Waals surface area (Å²) in [4.78, 5) is 5.58. The van der Waals surface area contributed by atoms with Crippen LogP contribution in [0.25, 0.3) is 75.2 Å². The molecule has 0 N–H and O–H groups in total. The molecule has 0 amide bonds. The van der Waals surface area contributed by atoms with E-state index in [1.54, 1.807) is 0 Å². The Kier molecular flexibility index (Phi) is 6.68. The van der Waals surface area contributed by atoms with E-state index in [1.807, 2.05) is 34.9 Å².